The van der Waals surface area contributed by atoms with Gasteiger partial charge in [0.2, 0.25) is 15.9 Å². The second-order valence-corrected chi connectivity index (χ2v) is 6.28. The van der Waals surface area contributed by atoms with E-state index in [9.17, 15) is 13.2 Å². The van der Waals surface area contributed by atoms with Crippen molar-refractivity contribution >= 4 is 27.3 Å². The number of anilines is 2. The maximum absolute atomic E-state index is 11.6. The molecular formula is C12H20N4O3S. The highest BCUT2D eigenvalue weighted by Gasteiger charge is 2.15. The van der Waals surface area contributed by atoms with Crippen LogP contribution in [0, 0.1) is 0 Å². The third-order valence-electron chi connectivity index (χ3n) is 2.73. The van der Waals surface area contributed by atoms with Crippen LogP contribution >= 0.6 is 0 Å². The summed E-state index contributed by atoms with van der Waals surface area (Å²) in [7, 11) is 1.16. The van der Waals surface area contributed by atoms with Gasteiger partial charge in [-0.1, -0.05) is 0 Å². The van der Waals surface area contributed by atoms with Crippen molar-refractivity contribution in [1.29, 1.82) is 0 Å². The predicted octanol–water partition coefficient (Wildman–Crippen LogP) is 0.0671. The van der Waals surface area contributed by atoms with Gasteiger partial charge in [0.1, 0.15) is 4.90 Å². The van der Waals surface area contributed by atoms with Crippen LogP contribution in [0.3, 0.4) is 0 Å². The number of hydrogen-bond donors (Lipinski definition) is 3. The minimum Gasteiger partial charge on any atom is -0.398 e. The first-order chi connectivity index (χ1) is 9.27. The van der Waals surface area contributed by atoms with Crippen molar-refractivity contribution in [3.63, 3.8) is 0 Å². The van der Waals surface area contributed by atoms with Crippen LogP contribution < -0.4 is 15.8 Å². The molecular weight excluding hydrogens is 280 g/mol. The van der Waals surface area contributed by atoms with E-state index in [1.54, 1.807) is 20.2 Å². The quantitative estimate of drug-likeness (QED) is 0.645. The van der Waals surface area contributed by atoms with Crippen molar-refractivity contribution in [2.75, 3.05) is 38.7 Å². The summed E-state index contributed by atoms with van der Waals surface area (Å²) in [5.74, 6) is 0.0138. The fourth-order valence-corrected chi connectivity index (χ4v) is 2.39. The van der Waals surface area contributed by atoms with E-state index in [0.29, 0.717) is 18.7 Å². The molecule has 0 saturated carbocycles. The van der Waals surface area contributed by atoms with E-state index in [-0.39, 0.29) is 16.5 Å². The van der Waals surface area contributed by atoms with Crippen LogP contribution in [0.2, 0.25) is 0 Å². The van der Waals surface area contributed by atoms with Gasteiger partial charge >= 0.3 is 0 Å². The van der Waals surface area contributed by atoms with Crippen molar-refractivity contribution in [1.82, 2.24) is 9.62 Å². The molecule has 112 valence electrons. The third-order valence-corrected chi connectivity index (χ3v) is 4.22. The summed E-state index contributed by atoms with van der Waals surface area (Å²) in [5.41, 5.74) is 6.55. The number of benzene rings is 1. The highest BCUT2D eigenvalue weighted by Crippen LogP contribution is 2.22. The standard InChI is InChI=1S/C12H20N4O3S/c1-14-20(18,19)11-5-4-9(8-10(11)13)15-7-6-12(17)16(2)3/h4-5,8,14-15H,6-7,13H2,1-3H3. The highest BCUT2D eigenvalue weighted by molar-refractivity contribution is 7.89. The van der Waals surface area contributed by atoms with Gasteiger partial charge in [0, 0.05) is 32.7 Å². The molecule has 20 heavy (non-hydrogen) atoms. The Morgan fingerprint density at radius 1 is 1.35 bits per heavy atom. The highest BCUT2D eigenvalue weighted by atomic mass is 32.2. The molecule has 0 spiro atoms. The lowest BCUT2D eigenvalue weighted by Crippen LogP contribution is -2.24. The maximum Gasteiger partial charge on any atom is 0.242 e. The summed E-state index contributed by atoms with van der Waals surface area (Å²) in [6.07, 6.45) is 0.351. The van der Waals surface area contributed by atoms with Crippen LogP contribution in [0.15, 0.2) is 23.1 Å². The zero-order valence-corrected chi connectivity index (χ0v) is 12.6. The summed E-state index contributed by atoms with van der Waals surface area (Å²) in [5, 5.41) is 3.03. The number of nitrogen functional groups attached to an aromatic ring is 1. The summed E-state index contributed by atoms with van der Waals surface area (Å²) >= 11 is 0. The molecule has 0 aliphatic heterocycles. The van der Waals surface area contributed by atoms with Gasteiger partial charge in [0.25, 0.3) is 0 Å². The Labute approximate surface area is 119 Å². The maximum atomic E-state index is 11.6. The number of nitrogens with one attached hydrogen (secondary N) is 2. The molecule has 0 aromatic heterocycles. The van der Waals surface area contributed by atoms with Crippen LogP contribution in [0.1, 0.15) is 6.42 Å². The normalized spacial score (nSPS) is 11.2. The van der Waals surface area contributed by atoms with E-state index in [1.807, 2.05) is 0 Å². The molecule has 0 fully saturated rings. The summed E-state index contributed by atoms with van der Waals surface area (Å²) in [6.45, 7) is 0.453. The van der Waals surface area contributed by atoms with Gasteiger partial charge in [0.15, 0.2) is 0 Å². The van der Waals surface area contributed by atoms with Crippen molar-refractivity contribution in [2.45, 2.75) is 11.3 Å². The molecule has 1 aromatic rings. The van der Waals surface area contributed by atoms with Crippen molar-refractivity contribution in [2.24, 2.45) is 0 Å². The third kappa shape index (κ3) is 4.10. The molecule has 1 rings (SSSR count). The first kappa shape index (κ1) is 16.3. The molecule has 0 saturated heterocycles. The van der Waals surface area contributed by atoms with Crippen LogP contribution in [0.5, 0.6) is 0 Å². The number of hydrogen-bond acceptors (Lipinski definition) is 5. The SMILES string of the molecule is CNS(=O)(=O)c1ccc(NCCC(=O)N(C)C)cc1N. The average molecular weight is 300 g/mol. The molecule has 1 aromatic carbocycles. The number of nitrogens with two attached hydrogens (primary N) is 1. The van der Waals surface area contributed by atoms with E-state index in [0.717, 1.165) is 0 Å². The van der Waals surface area contributed by atoms with Crippen molar-refractivity contribution in [3.8, 4) is 0 Å². The molecule has 7 nitrogen and oxygen atoms in total. The van der Waals surface area contributed by atoms with Crippen molar-refractivity contribution in [3.05, 3.63) is 18.2 Å². The minimum atomic E-state index is -3.55. The van der Waals surface area contributed by atoms with E-state index < -0.39 is 10.0 Å². The Bertz CT molecular complexity index is 584. The first-order valence-electron chi connectivity index (χ1n) is 6.05. The fourth-order valence-electron chi connectivity index (χ4n) is 1.55. The molecule has 0 unspecified atom stereocenters. The first-order valence-corrected chi connectivity index (χ1v) is 7.53. The number of amides is 1. The monoisotopic (exact) mass is 300 g/mol. The number of rotatable bonds is 6. The van der Waals surface area contributed by atoms with Gasteiger partial charge in [0.05, 0.1) is 5.69 Å². The Kier molecular flexibility index (Phi) is 5.34. The summed E-state index contributed by atoms with van der Waals surface area (Å²) in [4.78, 5) is 12.9. The molecule has 0 aliphatic carbocycles. The van der Waals surface area contributed by atoms with E-state index in [4.69, 9.17) is 5.73 Å². The Hall–Kier alpha value is -1.80. The fraction of sp³-hybridized carbons (Fsp3) is 0.417. The number of sulfonamides is 1. The van der Waals surface area contributed by atoms with Crippen LogP contribution in [-0.4, -0.2) is 46.9 Å². The second-order valence-electron chi connectivity index (χ2n) is 4.43. The van der Waals surface area contributed by atoms with E-state index in [2.05, 4.69) is 10.0 Å². The molecule has 0 radical (unpaired) electrons. The lowest BCUT2D eigenvalue weighted by Gasteiger charge is -2.12. The average Bonchev–Trinajstić information content (AvgIpc) is 2.38. The van der Waals surface area contributed by atoms with Gasteiger partial charge in [-0.25, -0.2) is 13.1 Å². The molecule has 0 heterocycles. The molecule has 4 N–H and O–H groups in total. The van der Waals surface area contributed by atoms with E-state index >= 15 is 0 Å². The topological polar surface area (TPSA) is 105 Å². The Morgan fingerprint density at radius 2 is 2.00 bits per heavy atom. The molecule has 8 heteroatoms. The Morgan fingerprint density at radius 3 is 2.50 bits per heavy atom. The zero-order valence-electron chi connectivity index (χ0n) is 11.8. The van der Waals surface area contributed by atoms with Gasteiger partial charge in [-0.3, -0.25) is 4.79 Å². The number of carbonyl (C=O) groups excluding carboxylic acids is 1. The predicted molar refractivity (Wildman–Crippen MR) is 78.9 cm³/mol. The van der Waals surface area contributed by atoms with Gasteiger partial charge in [-0.05, 0) is 25.2 Å². The molecule has 0 aliphatic rings. The summed E-state index contributed by atoms with van der Waals surface area (Å²) in [6, 6.07) is 4.57. The van der Waals surface area contributed by atoms with Crippen LogP contribution in [-0.2, 0) is 14.8 Å². The van der Waals surface area contributed by atoms with E-state index in [1.165, 1.54) is 24.1 Å². The lowest BCUT2D eigenvalue weighted by molar-refractivity contribution is -0.128. The van der Waals surface area contributed by atoms with Crippen molar-refractivity contribution < 1.29 is 13.2 Å². The second kappa shape index (κ2) is 6.58. The minimum absolute atomic E-state index is 0.0138. The van der Waals surface area contributed by atoms with Gasteiger partial charge in [-0.2, -0.15) is 0 Å². The molecule has 1 amide bonds. The number of carbonyl (C=O) groups is 1. The van der Waals surface area contributed by atoms with Gasteiger partial charge < -0.3 is 16.0 Å². The molecule has 0 atom stereocenters. The van der Waals surface area contributed by atoms with Crippen LogP contribution in [0.4, 0.5) is 11.4 Å². The van der Waals surface area contributed by atoms with Gasteiger partial charge in [-0.15, -0.1) is 0 Å². The largest absolute Gasteiger partial charge is 0.398 e. The smallest absolute Gasteiger partial charge is 0.242 e. The Balaban J connectivity index is 2.72. The molecule has 0 bridgehead atoms. The van der Waals surface area contributed by atoms with Crippen LogP contribution in [0.25, 0.3) is 0 Å². The number of nitrogens with zero attached hydrogens (tertiary/aromatic N) is 1. The summed E-state index contributed by atoms with van der Waals surface area (Å²) < 4.78 is 25.5. The lowest BCUT2D eigenvalue weighted by atomic mass is 10.2. The zero-order chi connectivity index (χ0) is 15.3.